The van der Waals surface area contributed by atoms with Crippen LogP contribution in [-0.2, 0) is 17.8 Å². The van der Waals surface area contributed by atoms with Gasteiger partial charge in [0.1, 0.15) is 11.5 Å². The van der Waals surface area contributed by atoms with E-state index in [1.165, 1.54) is 0 Å². The Morgan fingerprint density at radius 1 is 1.29 bits per heavy atom. The predicted octanol–water partition coefficient (Wildman–Crippen LogP) is 2.38. The molecule has 124 valence electrons. The number of aromatic nitrogens is 1. The van der Waals surface area contributed by atoms with Gasteiger partial charge in [-0.2, -0.15) is 0 Å². The molecule has 24 heavy (non-hydrogen) atoms. The van der Waals surface area contributed by atoms with Gasteiger partial charge in [-0.05, 0) is 42.8 Å². The van der Waals surface area contributed by atoms with E-state index in [4.69, 9.17) is 9.15 Å². The van der Waals surface area contributed by atoms with E-state index in [0.29, 0.717) is 24.3 Å². The van der Waals surface area contributed by atoms with Gasteiger partial charge in [0.15, 0.2) is 0 Å². The molecule has 0 spiro atoms. The fourth-order valence-corrected chi connectivity index (χ4v) is 2.48. The molecule has 0 aliphatic carbocycles. The largest absolute Gasteiger partial charge is 0.497 e. The van der Waals surface area contributed by atoms with Gasteiger partial charge in [0.2, 0.25) is 5.91 Å². The van der Waals surface area contributed by atoms with Crippen LogP contribution in [-0.4, -0.2) is 18.0 Å². The minimum Gasteiger partial charge on any atom is -0.497 e. The zero-order valence-electron chi connectivity index (χ0n) is 13.3. The first-order valence-electron chi connectivity index (χ1n) is 7.65. The van der Waals surface area contributed by atoms with Gasteiger partial charge in [-0.1, -0.05) is 0 Å². The van der Waals surface area contributed by atoms with Crippen LogP contribution in [0.5, 0.6) is 5.75 Å². The third-order valence-electron chi connectivity index (χ3n) is 3.79. The maximum absolute atomic E-state index is 12.1. The lowest BCUT2D eigenvalue weighted by Crippen LogP contribution is -2.24. The number of pyridine rings is 1. The first-order valence-corrected chi connectivity index (χ1v) is 7.65. The normalized spacial score (nSPS) is 10.7. The number of hydrogen-bond acceptors (Lipinski definition) is 4. The van der Waals surface area contributed by atoms with Crippen molar-refractivity contribution in [2.75, 3.05) is 7.11 Å². The zero-order valence-corrected chi connectivity index (χ0v) is 13.3. The molecule has 1 aromatic carbocycles. The van der Waals surface area contributed by atoms with E-state index in [2.05, 4.69) is 10.3 Å². The average molecular weight is 326 g/mol. The summed E-state index contributed by atoms with van der Waals surface area (Å²) in [4.78, 5) is 26.8. The van der Waals surface area contributed by atoms with E-state index < -0.39 is 0 Å². The predicted molar refractivity (Wildman–Crippen MR) is 90.0 cm³/mol. The summed E-state index contributed by atoms with van der Waals surface area (Å²) in [6.07, 6.45) is 2.16. The molecule has 2 N–H and O–H groups in total. The van der Waals surface area contributed by atoms with Gasteiger partial charge < -0.3 is 19.5 Å². The number of amides is 1. The van der Waals surface area contributed by atoms with Crippen molar-refractivity contribution in [1.82, 2.24) is 10.3 Å². The number of carbonyl (C=O) groups excluding carboxylic acids is 1. The molecule has 0 aliphatic rings. The van der Waals surface area contributed by atoms with E-state index >= 15 is 0 Å². The Hall–Kier alpha value is -3.02. The number of rotatable bonds is 6. The summed E-state index contributed by atoms with van der Waals surface area (Å²) in [6, 6.07) is 10.8. The number of nitrogens with one attached hydrogen (secondary N) is 2. The number of methoxy groups -OCH3 is 1. The summed E-state index contributed by atoms with van der Waals surface area (Å²) in [5.74, 6) is 1.28. The van der Waals surface area contributed by atoms with E-state index in [1.807, 2.05) is 6.07 Å². The Morgan fingerprint density at radius 3 is 2.92 bits per heavy atom. The molecule has 6 heteroatoms. The SMILES string of the molecule is COc1ccc2[nH]c(=O)c(CCC(=O)NCc3ccco3)cc2c1. The number of ether oxygens (including phenoxy) is 1. The van der Waals surface area contributed by atoms with Gasteiger partial charge in [-0.25, -0.2) is 0 Å². The molecule has 0 radical (unpaired) electrons. The molecule has 0 saturated carbocycles. The highest BCUT2D eigenvalue weighted by Crippen LogP contribution is 2.19. The second-order valence-electron chi connectivity index (χ2n) is 5.43. The first-order chi connectivity index (χ1) is 11.7. The smallest absolute Gasteiger partial charge is 0.251 e. The Labute approximate surface area is 138 Å². The van der Waals surface area contributed by atoms with Gasteiger partial charge in [-0.15, -0.1) is 0 Å². The Balaban J connectivity index is 1.66. The highest BCUT2D eigenvalue weighted by molar-refractivity contribution is 5.81. The molecule has 0 aliphatic heterocycles. The van der Waals surface area contributed by atoms with Crippen LogP contribution in [0.25, 0.3) is 10.9 Å². The van der Waals surface area contributed by atoms with Crippen molar-refractivity contribution in [2.24, 2.45) is 0 Å². The van der Waals surface area contributed by atoms with Gasteiger partial charge in [0.05, 0.1) is 19.9 Å². The number of aryl methyl sites for hydroxylation is 1. The molecule has 0 atom stereocenters. The lowest BCUT2D eigenvalue weighted by Gasteiger charge is -2.06. The lowest BCUT2D eigenvalue weighted by molar-refractivity contribution is -0.121. The van der Waals surface area contributed by atoms with E-state index in [9.17, 15) is 9.59 Å². The molecule has 0 fully saturated rings. The van der Waals surface area contributed by atoms with Crippen molar-refractivity contribution in [1.29, 1.82) is 0 Å². The summed E-state index contributed by atoms with van der Waals surface area (Å²) in [5.41, 5.74) is 1.14. The summed E-state index contributed by atoms with van der Waals surface area (Å²) in [7, 11) is 1.59. The fourth-order valence-electron chi connectivity index (χ4n) is 2.48. The molecule has 2 aromatic heterocycles. The van der Waals surface area contributed by atoms with Crippen molar-refractivity contribution >= 4 is 16.8 Å². The van der Waals surface area contributed by atoms with Gasteiger partial charge in [0, 0.05) is 22.9 Å². The van der Waals surface area contributed by atoms with E-state index in [-0.39, 0.29) is 17.9 Å². The minimum absolute atomic E-state index is 0.128. The summed E-state index contributed by atoms with van der Waals surface area (Å²) in [5, 5.41) is 3.64. The number of aromatic amines is 1. The van der Waals surface area contributed by atoms with Gasteiger partial charge in [-0.3, -0.25) is 9.59 Å². The fraction of sp³-hybridized carbons (Fsp3) is 0.222. The molecule has 3 aromatic rings. The van der Waals surface area contributed by atoms with Crippen molar-refractivity contribution in [3.63, 3.8) is 0 Å². The molecule has 1 amide bonds. The van der Waals surface area contributed by atoms with Gasteiger partial charge >= 0.3 is 0 Å². The monoisotopic (exact) mass is 326 g/mol. The van der Waals surface area contributed by atoms with Crippen LogP contribution in [0.3, 0.4) is 0 Å². The molecule has 3 rings (SSSR count). The standard InChI is InChI=1S/C18H18N2O4/c1-23-14-5-6-16-13(10-14)9-12(18(22)20-16)4-7-17(21)19-11-15-3-2-8-24-15/h2-3,5-6,8-10H,4,7,11H2,1H3,(H,19,21)(H,20,22). The third-order valence-corrected chi connectivity index (χ3v) is 3.79. The number of hydrogen-bond donors (Lipinski definition) is 2. The van der Waals surface area contributed by atoms with Crippen molar-refractivity contribution in [2.45, 2.75) is 19.4 Å². The van der Waals surface area contributed by atoms with Crippen LogP contribution in [0.15, 0.2) is 51.9 Å². The topological polar surface area (TPSA) is 84.3 Å². The van der Waals surface area contributed by atoms with Crippen LogP contribution in [0, 0.1) is 0 Å². The van der Waals surface area contributed by atoms with Crippen LogP contribution in [0.1, 0.15) is 17.7 Å². The second-order valence-corrected chi connectivity index (χ2v) is 5.43. The van der Waals surface area contributed by atoms with Gasteiger partial charge in [0.25, 0.3) is 5.56 Å². The van der Waals surface area contributed by atoms with Crippen molar-refractivity contribution in [3.8, 4) is 5.75 Å². The van der Waals surface area contributed by atoms with Crippen molar-refractivity contribution in [3.05, 3.63) is 64.3 Å². The average Bonchev–Trinajstić information content (AvgIpc) is 3.11. The van der Waals surface area contributed by atoms with E-state index in [0.717, 1.165) is 16.7 Å². The lowest BCUT2D eigenvalue weighted by atomic mass is 10.1. The first kappa shape index (κ1) is 15.9. The highest BCUT2D eigenvalue weighted by Gasteiger charge is 2.08. The molecule has 6 nitrogen and oxygen atoms in total. The maximum Gasteiger partial charge on any atom is 0.251 e. The molecule has 0 saturated heterocycles. The molecule has 2 heterocycles. The maximum atomic E-state index is 12.1. The number of furan rings is 1. The quantitative estimate of drug-likeness (QED) is 0.728. The Kier molecular flexibility index (Phi) is 4.65. The van der Waals surface area contributed by atoms with Crippen LogP contribution < -0.4 is 15.6 Å². The Morgan fingerprint density at radius 2 is 2.17 bits per heavy atom. The molecule has 0 unspecified atom stereocenters. The molecular formula is C18H18N2O4. The van der Waals surface area contributed by atoms with Crippen LogP contribution in [0.2, 0.25) is 0 Å². The van der Waals surface area contributed by atoms with Crippen LogP contribution in [0.4, 0.5) is 0 Å². The summed E-state index contributed by atoms with van der Waals surface area (Å²) in [6.45, 7) is 0.344. The van der Waals surface area contributed by atoms with Crippen LogP contribution >= 0.6 is 0 Å². The summed E-state index contributed by atoms with van der Waals surface area (Å²) >= 11 is 0. The molecular weight excluding hydrogens is 308 g/mol. The summed E-state index contributed by atoms with van der Waals surface area (Å²) < 4.78 is 10.3. The molecule has 0 bridgehead atoms. The number of H-pyrrole nitrogens is 1. The number of carbonyl (C=O) groups is 1. The Bertz CT molecular complexity index is 897. The minimum atomic E-state index is -0.175. The second kappa shape index (κ2) is 7.04. The zero-order chi connectivity index (χ0) is 16.9. The highest BCUT2D eigenvalue weighted by atomic mass is 16.5. The third kappa shape index (κ3) is 3.65. The van der Waals surface area contributed by atoms with E-state index in [1.54, 1.807) is 43.7 Å². The number of benzene rings is 1. The number of fused-ring (bicyclic) bond motifs is 1. The van der Waals surface area contributed by atoms with Crippen molar-refractivity contribution < 1.29 is 13.9 Å².